The van der Waals surface area contributed by atoms with Crippen LogP contribution in [0.2, 0.25) is 0 Å². The Kier molecular flexibility index (Phi) is 8.82. The number of carbonyl (C=O) groups is 1. The zero-order chi connectivity index (χ0) is 20.5. The van der Waals surface area contributed by atoms with Crippen LogP contribution in [0, 0.1) is 23.7 Å². The van der Waals surface area contributed by atoms with Gasteiger partial charge in [-0.3, -0.25) is 4.79 Å². The average molecular weight is 402 g/mol. The third kappa shape index (κ3) is 6.72. The lowest BCUT2D eigenvalue weighted by Crippen LogP contribution is -2.30. The second-order valence-corrected chi connectivity index (χ2v) is 9.14. The number of rotatable bonds is 9. The summed E-state index contributed by atoms with van der Waals surface area (Å²) in [5.74, 6) is 3.75. The van der Waals surface area contributed by atoms with Gasteiger partial charge in [-0.15, -0.1) is 0 Å². The minimum Gasteiger partial charge on any atom is -0.478 e. The molecule has 2 aliphatic carbocycles. The summed E-state index contributed by atoms with van der Waals surface area (Å²) in [5.41, 5.74) is 0. The molecule has 0 radical (unpaired) electrons. The maximum absolute atomic E-state index is 12.6. The quantitative estimate of drug-likeness (QED) is 0.439. The summed E-state index contributed by atoms with van der Waals surface area (Å²) >= 11 is 0. The Morgan fingerprint density at radius 3 is 2.24 bits per heavy atom. The summed E-state index contributed by atoms with van der Waals surface area (Å²) in [5, 5.41) is 0. The van der Waals surface area contributed by atoms with Gasteiger partial charge in [0, 0.05) is 6.07 Å². The minimum absolute atomic E-state index is 0.0446. The van der Waals surface area contributed by atoms with Gasteiger partial charge in [0.15, 0.2) is 0 Å². The Labute approximate surface area is 176 Å². The van der Waals surface area contributed by atoms with Crippen LogP contribution in [-0.4, -0.2) is 17.6 Å². The first-order valence-corrected chi connectivity index (χ1v) is 12.0. The maximum atomic E-state index is 12.6. The Morgan fingerprint density at radius 2 is 1.66 bits per heavy atom. The Morgan fingerprint density at radius 1 is 0.966 bits per heavy atom. The van der Waals surface area contributed by atoms with Gasteiger partial charge in [0.25, 0.3) is 0 Å². The molecule has 0 unspecified atom stereocenters. The first-order valence-electron chi connectivity index (χ1n) is 12.0. The smallest absolute Gasteiger partial charge is 0.314 e. The molecule has 1 aromatic rings. The van der Waals surface area contributed by atoms with Gasteiger partial charge < -0.3 is 9.47 Å². The van der Waals surface area contributed by atoms with Crippen LogP contribution in [0.3, 0.4) is 0 Å². The molecular formula is C25H39NO3. The lowest BCUT2D eigenvalue weighted by molar-refractivity contribution is -0.140. The summed E-state index contributed by atoms with van der Waals surface area (Å²) in [6.45, 7) is 5.00. The molecule has 0 saturated heterocycles. The van der Waals surface area contributed by atoms with Gasteiger partial charge >= 0.3 is 5.97 Å². The molecule has 29 heavy (non-hydrogen) atoms. The highest BCUT2D eigenvalue weighted by Crippen LogP contribution is 2.42. The average Bonchev–Trinajstić information content (AvgIpc) is 2.77. The van der Waals surface area contributed by atoms with Crippen LogP contribution < -0.4 is 9.47 Å². The third-order valence-electron chi connectivity index (χ3n) is 7.01. The SMILES string of the molecule is CCCCC1CCC(C2CCC(C(=O)Oc3ccc(OCCC)nc3)CC2)CC1. The van der Waals surface area contributed by atoms with Gasteiger partial charge in [0.2, 0.25) is 5.88 Å². The molecule has 0 atom stereocenters. The van der Waals surface area contributed by atoms with Crippen molar-refractivity contribution in [3.63, 3.8) is 0 Å². The molecule has 2 fully saturated rings. The van der Waals surface area contributed by atoms with E-state index >= 15 is 0 Å². The zero-order valence-electron chi connectivity index (χ0n) is 18.4. The van der Waals surface area contributed by atoms with Crippen molar-refractivity contribution in [2.24, 2.45) is 23.7 Å². The number of hydrogen-bond donors (Lipinski definition) is 0. The van der Waals surface area contributed by atoms with E-state index in [1.54, 1.807) is 18.3 Å². The fourth-order valence-electron chi connectivity index (χ4n) is 5.19. The van der Waals surface area contributed by atoms with Crippen LogP contribution in [-0.2, 0) is 4.79 Å². The summed E-state index contributed by atoms with van der Waals surface area (Å²) in [4.78, 5) is 16.8. The molecule has 4 nitrogen and oxygen atoms in total. The van der Waals surface area contributed by atoms with Crippen molar-refractivity contribution in [2.45, 2.75) is 90.9 Å². The molecule has 2 aliphatic rings. The van der Waals surface area contributed by atoms with Crippen molar-refractivity contribution in [3.05, 3.63) is 18.3 Å². The summed E-state index contributed by atoms with van der Waals surface area (Å²) in [6, 6.07) is 3.55. The van der Waals surface area contributed by atoms with Gasteiger partial charge in [-0.2, -0.15) is 0 Å². The van der Waals surface area contributed by atoms with Crippen molar-refractivity contribution < 1.29 is 14.3 Å². The number of carbonyl (C=O) groups excluding carboxylic acids is 1. The van der Waals surface area contributed by atoms with Gasteiger partial charge in [0.1, 0.15) is 5.75 Å². The molecule has 0 spiro atoms. The van der Waals surface area contributed by atoms with Gasteiger partial charge in [-0.05, 0) is 68.8 Å². The highest BCUT2D eigenvalue weighted by atomic mass is 16.5. The summed E-state index contributed by atoms with van der Waals surface area (Å²) in [7, 11) is 0. The molecule has 0 aliphatic heterocycles. The van der Waals surface area contributed by atoms with E-state index in [0.29, 0.717) is 18.2 Å². The number of pyridine rings is 1. The van der Waals surface area contributed by atoms with E-state index in [2.05, 4.69) is 18.8 Å². The van der Waals surface area contributed by atoms with Crippen molar-refractivity contribution in [1.29, 1.82) is 0 Å². The fraction of sp³-hybridized carbons (Fsp3) is 0.760. The highest BCUT2D eigenvalue weighted by molar-refractivity contribution is 5.75. The second kappa shape index (κ2) is 11.6. The summed E-state index contributed by atoms with van der Waals surface area (Å²) < 4.78 is 11.1. The molecule has 162 valence electrons. The van der Waals surface area contributed by atoms with E-state index in [9.17, 15) is 4.79 Å². The molecular weight excluding hydrogens is 362 g/mol. The zero-order valence-corrected chi connectivity index (χ0v) is 18.4. The van der Waals surface area contributed by atoms with E-state index in [1.807, 2.05) is 0 Å². The predicted octanol–water partition coefficient (Wildman–Crippen LogP) is 6.58. The van der Waals surface area contributed by atoms with Crippen LogP contribution in [0.4, 0.5) is 0 Å². The maximum Gasteiger partial charge on any atom is 0.314 e. The largest absolute Gasteiger partial charge is 0.478 e. The second-order valence-electron chi connectivity index (χ2n) is 9.14. The topological polar surface area (TPSA) is 48.4 Å². The van der Waals surface area contributed by atoms with Crippen molar-refractivity contribution >= 4 is 5.97 Å². The first-order chi connectivity index (χ1) is 14.2. The van der Waals surface area contributed by atoms with Crippen LogP contribution in [0.15, 0.2) is 18.3 Å². The highest BCUT2D eigenvalue weighted by Gasteiger charge is 2.33. The van der Waals surface area contributed by atoms with E-state index in [-0.39, 0.29) is 11.9 Å². The van der Waals surface area contributed by atoms with Gasteiger partial charge in [0.05, 0.1) is 18.7 Å². The minimum atomic E-state index is -0.0873. The number of unbranched alkanes of at least 4 members (excludes halogenated alkanes) is 1. The Hall–Kier alpha value is -1.58. The van der Waals surface area contributed by atoms with Crippen molar-refractivity contribution in [1.82, 2.24) is 4.98 Å². The van der Waals surface area contributed by atoms with Crippen molar-refractivity contribution in [3.8, 4) is 11.6 Å². The lowest BCUT2D eigenvalue weighted by atomic mass is 9.68. The van der Waals surface area contributed by atoms with Gasteiger partial charge in [-0.25, -0.2) is 4.98 Å². The van der Waals surface area contributed by atoms with Crippen LogP contribution in [0.5, 0.6) is 11.6 Å². The summed E-state index contributed by atoms with van der Waals surface area (Å²) in [6.07, 6.45) is 16.7. The van der Waals surface area contributed by atoms with E-state index in [4.69, 9.17) is 9.47 Å². The van der Waals surface area contributed by atoms with Crippen molar-refractivity contribution in [2.75, 3.05) is 6.61 Å². The number of hydrogen-bond acceptors (Lipinski definition) is 4. The molecule has 4 heteroatoms. The number of esters is 1. The number of nitrogens with zero attached hydrogens (tertiary/aromatic N) is 1. The normalized spacial score (nSPS) is 27.4. The fourth-order valence-corrected chi connectivity index (χ4v) is 5.19. The van der Waals surface area contributed by atoms with Gasteiger partial charge in [-0.1, -0.05) is 46.0 Å². The molecule has 0 amide bonds. The van der Waals surface area contributed by atoms with Crippen LogP contribution in [0.25, 0.3) is 0 Å². The lowest BCUT2D eigenvalue weighted by Gasteiger charge is -2.37. The molecule has 1 aromatic heterocycles. The third-order valence-corrected chi connectivity index (χ3v) is 7.01. The number of ether oxygens (including phenoxy) is 2. The van der Waals surface area contributed by atoms with E-state index < -0.39 is 0 Å². The standard InChI is InChI=1S/C25H39NO3/c1-3-5-6-19-7-9-20(10-8-19)21-11-13-22(14-12-21)25(27)29-23-15-16-24(26-18-23)28-17-4-2/h15-16,18-22H,3-14,17H2,1-2H3. The first kappa shape index (κ1) is 22.1. The molecule has 0 N–H and O–H groups in total. The Bertz CT molecular complexity index is 599. The molecule has 1 heterocycles. The van der Waals surface area contributed by atoms with E-state index in [0.717, 1.165) is 37.0 Å². The predicted molar refractivity (Wildman–Crippen MR) is 116 cm³/mol. The van der Waals surface area contributed by atoms with Crippen LogP contribution in [0.1, 0.15) is 90.9 Å². The molecule has 0 aromatic carbocycles. The monoisotopic (exact) mass is 401 g/mol. The molecule has 2 saturated carbocycles. The van der Waals surface area contributed by atoms with Crippen LogP contribution >= 0.6 is 0 Å². The van der Waals surface area contributed by atoms with E-state index in [1.165, 1.54) is 57.8 Å². The Balaban J connectivity index is 1.38. The molecule has 3 rings (SSSR count). The molecule has 0 bridgehead atoms. The number of aromatic nitrogens is 1.